The molecule has 0 heterocycles. The van der Waals surface area contributed by atoms with E-state index < -0.39 is 0 Å². The van der Waals surface area contributed by atoms with Crippen LogP contribution < -0.4 is 0 Å². The normalized spacial score (nSPS) is 12.3. The smallest absolute Gasteiger partial charge is 0.330 e. The number of ether oxygens (including phenoxy) is 1. The van der Waals surface area contributed by atoms with Gasteiger partial charge in [-0.25, -0.2) is 4.79 Å². The van der Waals surface area contributed by atoms with Crippen LogP contribution in [0.3, 0.4) is 0 Å². The van der Waals surface area contributed by atoms with Crippen LogP contribution in [0.1, 0.15) is 116 Å². The van der Waals surface area contributed by atoms with Gasteiger partial charge < -0.3 is 9.64 Å². The number of rotatable bonds is 21. The van der Waals surface area contributed by atoms with Crippen LogP contribution in [0.2, 0.25) is 0 Å². The Bertz CT molecular complexity index is 354. The zero-order chi connectivity index (χ0) is 20.9. The highest BCUT2D eigenvalue weighted by Gasteiger charge is 2.12. The number of hydrogen-bond acceptors (Lipinski definition) is 3. The first-order chi connectivity index (χ1) is 13.6. The summed E-state index contributed by atoms with van der Waals surface area (Å²) in [6, 6.07) is 0.315. The molecule has 0 aromatic carbocycles. The first kappa shape index (κ1) is 27.2. The second-order valence-corrected chi connectivity index (χ2v) is 8.54. The van der Waals surface area contributed by atoms with Gasteiger partial charge in [-0.15, -0.1) is 0 Å². The molecule has 1 atom stereocenters. The zero-order valence-electron chi connectivity index (χ0n) is 19.4. The van der Waals surface area contributed by atoms with Crippen LogP contribution >= 0.6 is 0 Å². The van der Waals surface area contributed by atoms with Gasteiger partial charge >= 0.3 is 5.97 Å². The molecule has 0 aromatic heterocycles. The van der Waals surface area contributed by atoms with Crippen molar-refractivity contribution in [3.8, 4) is 0 Å². The van der Waals surface area contributed by atoms with Crippen molar-refractivity contribution in [1.29, 1.82) is 0 Å². The van der Waals surface area contributed by atoms with E-state index in [-0.39, 0.29) is 5.97 Å². The molecule has 3 nitrogen and oxygen atoms in total. The molecule has 0 aliphatic carbocycles. The second-order valence-electron chi connectivity index (χ2n) is 8.54. The number of carbonyl (C=O) groups is 1. The van der Waals surface area contributed by atoms with Gasteiger partial charge in [-0.05, 0) is 20.5 Å². The van der Waals surface area contributed by atoms with E-state index in [1.807, 2.05) is 0 Å². The number of nitrogens with zero attached hydrogens (tertiary/aromatic N) is 1. The Morgan fingerprint density at radius 3 is 1.54 bits per heavy atom. The second kappa shape index (κ2) is 20.9. The molecule has 3 heteroatoms. The van der Waals surface area contributed by atoms with Gasteiger partial charge in [0.05, 0.1) is 0 Å². The third kappa shape index (κ3) is 18.5. The highest BCUT2D eigenvalue weighted by Crippen LogP contribution is 2.15. The fraction of sp³-hybridized carbons (Fsp3) is 0.880. The summed E-state index contributed by atoms with van der Waals surface area (Å²) in [5.74, 6) is -0.321. The lowest BCUT2D eigenvalue weighted by atomic mass is 10.0. The van der Waals surface area contributed by atoms with Crippen LogP contribution in [0.15, 0.2) is 12.7 Å². The molecule has 0 saturated carbocycles. The average Bonchev–Trinajstić information content (AvgIpc) is 2.69. The van der Waals surface area contributed by atoms with Crippen LogP contribution in [-0.4, -0.2) is 37.6 Å². The lowest BCUT2D eigenvalue weighted by molar-refractivity contribution is -0.139. The highest BCUT2D eigenvalue weighted by atomic mass is 16.5. The molecule has 0 saturated heterocycles. The summed E-state index contributed by atoms with van der Waals surface area (Å²) < 4.78 is 5.20. The lowest BCUT2D eigenvalue weighted by Crippen LogP contribution is -2.33. The van der Waals surface area contributed by atoms with E-state index in [1.165, 1.54) is 109 Å². The van der Waals surface area contributed by atoms with Gasteiger partial charge in [-0.3, -0.25) is 0 Å². The summed E-state index contributed by atoms with van der Waals surface area (Å²) in [7, 11) is 4.11. The Morgan fingerprint density at radius 2 is 1.18 bits per heavy atom. The summed E-state index contributed by atoms with van der Waals surface area (Å²) in [5, 5.41) is 0. The highest BCUT2D eigenvalue weighted by molar-refractivity contribution is 5.81. The SMILES string of the molecule is C=CC(=O)OCC(CCCCCCCCCCCCCCCCCC)N(C)C. The molecule has 0 amide bonds. The predicted molar refractivity (Wildman–Crippen MR) is 123 cm³/mol. The topological polar surface area (TPSA) is 29.5 Å². The van der Waals surface area contributed by atoms with E-state index in [0.717, 1.165) is 6.42 Å². The van der Waals surface area contributed by atoms with E-state index in [4.69, 9.17) is 4.74 Å². The fourth-order valence-electron chi connectivity index (χ4n) is 3.66. The minimum Gasteiger partial charge on any atom is -0.461 e. The molecule has 0 bridgehead atoms. The number of esters is 1. The van der Waals surface area contributed by atoms with Gasteiger partial charge in [-0.2, -0.15) is 0 Å². The van der Waals surface area contributed by atoms with Crippen molar-refractivity contribution in [2.24, 2.45) is 0 Å². The molecule has 1 unspecified atom stereocenters. The Balaban J connectivity index is 3.35. The van der Waals surface area contributed by atoms with E-state index in [9.17, 15) is 4.79 Å². The molecular formula is C25H49NO2. The summed E-state index contributed by atoms with van der Waals surface area (Å²) >= 11 is 0. The van der Waals surface area contributed by atoms with Crippen LogP contribution in [-0.2, 0) is 9.53 Å². The number of likely N-dealkylation sites (N-methyl/N-ethyl adjacent to an activating group) is 1. The zero-order valence-corrected chi connectivity index (χ0v) is 19.4. The van der Waals surface area contributed by atoms with Gasteiger partial charge in [0, 0.05) is 12.1 Å². The third-order valence-electron chi connectivity index (χ3n) is 5.71. The van der Waals surface area contributed by atoms with Crippen LogP contribution in [0.25, 0.3) is 0 Å². The maximum absolute atomic E-state index is 11.2. The Morgan fingerprint density at radius 1 is 0.786 bits per heavy atom. The number of hydrogen-bond donors (Lipinski definition) is 0. The fourth-order valence-corrected chi connectivity index (χ4v) is 3.66. The van der Waals surface area contributed by atoms with Crippen molar-refractivity contribution in [3.63, 3.8) is 0 Å². The van der Waals surface area contributed by atoms with Crippen LogP contribution in [0, 0.1) is 0 Å². The van der Waals surface area contributed by atoms with Crippen molar-refractivity contribution in [1.82, 2.24) is 4.90 Å². The van der Waals surface area contributed by atoms with Crippen molar-refractivity contribution in [2.75, 3.05) is 20.7 Å². The predicted octanol–water partition coefficient (Wildman–Crippen LogP) is 7.30. The molecule has 28 heavy (non-hydrogen) atoms. The number of unbranched alkanes of at least 4 members (excludes halogenated alkanes) is 15. The van der Waals surface area contributed by atoms with Crippen molar-refractivity contribution in [3.05, 3.63) is 12.7 Å². The van der Waals surface area contributed by atoms with Gasteiger partial charge in [-0.1, -0.05) is 116 Å². The third-order valence-corrected chi connectivity index (χ3v) is 5.71. The Labute approximate surface area is 176 Å². The minimum absolute atomic E-state index is 0.315. The minimum atomic E-state index is -0.321. The molecule has 0 spiro atoms. The average molecular weight is 396 g/mol. The standard InChI is InChI=1S/C25H49NO2/c1-5-7-8-9-10-11-12-13-14-15-16-17-18-19-20-21-22-24(26(3)4)23-28-25(27)6-2/h6,24H,2,5,7-23H2,1,3-4H3. The first-order valence-corrected chi connectivity index (χ1v) is 12.1. The van der Waals surface area contributed by atoms with E-state index in [1.54, 1.807) is 0 Å². The molecule has 0 N–H and O–H groups in total. The maximum atomic E-state index is 11.2. The largest absolute Gasteiger partial charge is 0.461 e. The van der Waals surface area contributed by atoms with Gasteiger partial charge in [0.1, 0.15) is 6.61 Å². The summed E-state index contributed by atoms with van der Waals surface area (Å²) in [6.45, 7) is 6.20. The lowest BCUT2D eigenvalue weighted by Gasteiger charge is -2.23. The maximum Gasteiger partial charge on any atom is 0.330 e. The van der Waals surface area contributed by atoms with Crippen molar-refractivity contribution < 1.29 is 9.53 Å². The van der Waals surface area contributed by atoms with Gasteiger partial charge in [0.15, 0.2) is 0 Å². The van der Waals surface area contributed by atoms with Gasteiger partial charge in [0.2, 0.25) is 0 Å². The number of carbonyl (C=O) groups excluding carboxylic acids is 1. The van der Waals surface area contributed by atoms with Crippen LogP contribution in [0.4, 0.5) is 0 Å². The summed E-state index contributed by atoms with van der Waals surface area (Å²) in [4.78, 5) is 13.4. The first-order valence-electron chi connectivity index (χ1n) is 12.1. The molecule has 0 aliphatic rings. The van der Waals surface area contributed by atoms with Crippen LogP contribution in [0.5, 0.6) is 0 Å². The summed E-state index contributed by atoms with van der Waals surface area (Å²) in [5.41, 5.74) is 0. The molecule has 0 aromatic rings. The van der Waals surface area contributed by atoms with Gasteiger partial charge in [0.25, 0.3) is 0 Å². The molecule has 0 aliphatic heterocycles. The van der Waals surface area contributed by atoms with E-state index in [0.29, 0.717) is 12.6 Å². The molecule has 166 valence electrons. The van der Waals surface area contributed by atoms with Crippen molar-refractivity contribution in [2.45, 2.75) is 122 Å². The molecular weight excluding hydrogens is 346 g/mol. The molecule has 0 fully saturated rings. The van der Waals surface area contributed by atoms with E-state index >= 15 is 0 Å². The molecule has 0 radical (unpaired) electrons. The monoisotopic (exact) mass is 395 g/mol. The quantitative estimate of drug-likeness (QED) is 0.116. The molecule has 0 rings (SSSR count). The van der Waals surface area contributed by atoms with E-state index in [2.05, 4.69) is 32.5 Å². The van der Waals surface area contributed by atoms with Crippen molar-refractivity contribution >= 4 is 5.97 Å². The summed E-state index contributed by atoms with van der Waals surface area (Å²) in [6.07, 6.45) is 24.6. The Hall–Kier alpha value is -0.830. The Kier molecular flexibility index (Phi) is 20.3.